The van der Waals surface area contributed by atoms with Gasteiger partial charge in [0.2, 0.25) is 0 Å². The average Bonchev–Trinajstić information content (AvgIpc) is 2.47. The number of benzene rings is 2. The van der Waals surface area contributed by atoms with Crippen LogP contribution in [0.4, 0.5) is 0 Å². The van der Waals surface area contributed by atoms with E-state index >= 15 is 0 Å². The Balaban J connectivity index is 2.64. The van der Waals surface area contributed by atoms with Crippen molar-refractivity contribution in [3.05, 3.63) is 45.9 Å². The van der Waals surface area contributed by atoms with E-state index in [1.54, 1.807) is 18.2 Å². The zero-order chi connectivity index (χ0) is 15.6. The van der Waals surface area contributed by atoms with Gasteiger partial charge < -0.3 is 14.6 Å². The first-order valence-corrected chi connectivity index (χ1v) is 6.69. The zero-order valence-electron chi connectivity index (χ0n) is 11.3. The first-order chi connectivity index (χ1) is 9.99. The summed E-state index contributed by atoms with van der Waals surface area (Å²) >= 11 is 12.1. The van der Waals surface area contributed by atoms with Crippen molar-refractivity contribution in [3.8, 4) is 22.6 Å². The fourth-order valence-corrected chi connectivity index (χ4v) is 2.50. The van der Waals surface area contributed by atoms with Gasteiger partial charge in [0.1, 0.15) is 16.5 Å². The molecular formula is C15H12Cl2O4. The Hall–Kier alpha value is -1.91. The van der Waals surface area contributed by atoms with Crippen molar-refractivity contribution in [2.75, 3.05) is 14.2 Å². The van der Waals surface area contributed by atoms with Gasteiger partial charge in [-0.1, -0.05) is 29.3 Å². The van der Waals surface area contributed by atoms with Gasteiger partial charge in [0.05, 0.1) is 24.8 Å². The minimum absolute atomic E-state index is 0.0168. The number of carboxylic acids is 1. The molecule has 0 aromatic heterocycles. The smallest absolute Gasteiger partial charge is 0.337 e. The molecule has 4 nitrogen and oxygen atoms in total. The third-order valence-corrected chi connectivity index (χ3v) is 3.68. The van der Waals surface area contributed by atoms with E-state index in [0.717, 1.165) is 0 Å². The molecule has 0 fully saturated rings. The maximum atomic E-state index is 11.2. The second-order valence-corrected chi connectivity index (χ2v) is 4.95. The molecule has 0 aliphatic heterocycles. The Labute approximate surface area is 131 Å². The quantitative estimate of drug-likeness (QED) is 0.906. The second kappa shape index (κ2) is 6.24. The van der Waals surface area contributed by atoms with Crippen molar-refractivity contribution in [3.63, 3.8) is 0 Å². The number of hydrogen-bond donors (Lipinski definition) is 1. The first-order valence-electron chi connectivity index (χ1n) is 5.93. The van der Waals surface area contributed by atoms with Crippen molar-refractivity contribution >= 4 is 29.2 Å². The molecule has 1 N–H and O–H groups in total. The number of methoxy groups -OCH3 is 2. The molecule has 2 rings (SSSR count). The highest BCUT2D eigenvalue weighted by Crippen LogP contribution is 2.42. The maximum absolute atomic E-state index is 11.2. The SMILES string of the molecule is COc1ccc(-c2ccc(Cl)c(C(=O)O)c2)c(OC)c1Cl. The number of ether oxygens (including phenoxy) is 2. The summed E-state index contributed by atoms with van der Waals surface area (Å²) in [6.45, 7) is 0. The van der Waals surface area contributed by atoms with Gasteiger partial charge in [-0.05, 0) is 29.8 Å². The fraction of sp³-hybridized carbons (Fsp3) is 0.133. The number of aromatic carboxylic acids is 1. The Kier molecular flexibility index (Phi) is 4.60. The predicted octanol–water partition coefficient (Wildman–Crippen LogP) is 4.38. The van der Waals surface area contributed by atoms with E-state index in [0.29, 0.717) is 27.6 Å². The van der Waals surface area contributed by atoms with Gasteiger partial charge in [0, 0.05) is 5.56 Å². The van der Waals surface area contributed by atoms with Crippen LogP contribution in [0.5, 0.6) is 11.5 Å². The van der Waals surface area contributed by atoms with E-state index in [-0.39, 0.29) is 10.6 Å². The van der Waals surface area contributed by atoms with E-state index in [9.17, 15) is 4.79 Å². The normalized spacial score (nSPS) is 10.3. The molecule has 0 atom stereocenters. The van der Waals surface area contributed by atoms with Crippen LogP contribution in [0, 0.1) is 0 Å². The predicted molar refractivity (Wildman–Crippen MR) is 82.0 cm³/mol. The van der Waals surface area contributed by atoms with Gasteiger partial charge in [-0.3, -0.25) is 0 Å². The van der Waals surface area contributed by atoms with Crippen LogP contribution in [0.1, 0.15) is 10.4 Å². The van der Waals surface area contributed by atoms with Crippen LogP contribution < -0.4 is 9.47 Å². The van der Waals surface area contributed by atoms with E-state index in [1.807, 2.05) is 0 Å². The van der Waals surface area contributed by atoms with E-state index in [4.69, 9.17) is 37.8 Å². The van der Waals surface area contributed by atoms with Crippen LogP contribution in [-0.2, 0) is 0 Å². The largest absolute Gasteiger partial charge is 0.495 e. The van der Waals surface area contributed by atoms with Gasteiger partial charge >= 0.3 is 5.97 Å². The van der Waals surface area contributed by atoms with Gasteiger partial charge in [-0.2, -0.15) is 0 Å². The first kappa shape index (κ1) is 15.5. The lowest BCUT2D eigenvalue weighted by atomic mass is 10.0. The van der Waals surface area contributed by atoms with E-state index < -0.39 is 5.97 Å². The standard InChI is InChI=1S/C15H12Cl2O4/c1-20-12-6-4-9(14(21-2)13(12)17)8-3-5-11(16)10(7-8)15(18)19/h3-7H,1-2H3,(H,18,19). The van der Waals surface area contributed by atoms with Crippen LogP contribution in [0.3, 0.4) is 0 Å². The monoisotopic (exact) mass is 326 g/mol. The van der Waals surface area contributed by atoms with Crippen molar-refractivity contribution in [1.82, 2.24) is 0 Å². The van der Waals surface area contributed by atoms with Crippen molar-refractivity contribution in [2.24, 2.45) is 0 Å². The summed E-state index contributed by atoms with van der Waals surface area (Å²) in [4.78, 5) is 11.2. The summed E-state index contributed by atoms with van der Waals surface area (Å²) in [6.07, 6.45) is 0. The highest BCUT2D eigenvalue weighted by Gasteiger charge is 2.17. The molecule has 0 saturated heterocycles. The number of carbonyl (C=O) groups is 1. The highest BCUT2D eigenvalue weighted by atomic mass is 35.5. The van der Waals surface area contributed by atoms with Gasteiger partial charge in [-0.15, -0.1) is 0 Å². The lowest BCUT2D eigenvalue weighted by molar-refractivity contribution is 0.0697. The lowest BCUT2D eigenvalue weighted by Gasteiger charge is -2.14. The van der Waals surface area contributed by atoms with Crippen LogP contribution in [0.2, 0.25) is 10.0 Å². The Morgan fingerprint density at radius 3 is 2.38 bits per heavy atom. The molecule has 0 unspecified atom stereocenters. The topological polar surface area (TPSA) is 55.8 Å². The Bertz CT molecular complexity index is 698. The third kappa shape index (κ3) is 2.91. The van der Waals surface area contributed by atoms with Crippen molar-refractivity contribution in [1.29, 1.82) is 0 Å². The zero-order valence-corrected chi connectivity index (χ0v) is 12.8. The number of halogens is 2. The van der Waals surface area contributed by atoms with Gasteiger partial charge in [0.25, 0.3) is 0 Å². The average molecular weight is 327 g/mol. The van der Waals surface area contributed by atoms with Crippen LogP contribution in [0.25, 0.3) is 11.1 Å². The molecule has 2 aromatic rings. The van der Waals surface area contributed by atoms with Crippen molar-refractivity contribution in [2.45, 2.75) is 0 Å². The number of carboxylic acid groups (broad SMARTS) is 1. The van der Waals surface area contributed by atoms with Crippen molar-refractivity contribution < 1.29 is 19.4 Å². The van der Waals surface area contributed by atoms with E-state index in [1.165, 1.54) is 26.4 Å². The Morgan fingerprint density at radius 2 is 1.81 bits per heavy atom. The molecule has 110 valence electrons. The molecule has 0 heterocycles. The van der Waals surface area contributed by atoms with Crippen LogP contribution in [-0.4, -0.2) is 25.3 Å². The molecule has 2 aromatic carbocycles. The summed E-state index contributed by atoms with van der Waals surface area (Å²) in [6, 6.07) is 8.15. The molecule has 0 aliphatic rings. The summed E-state index contributed by atoms with van der Waals surface area (Å²) in [5.74, 6) is -0.209. The van der Waals surface area contributed by atoms with Gasteiger partial charge in [0.15, 0.2) is 0 Å². The highest BCUT2D eigenvalue weighted by molar-refractivity contribution is 6.34. The molecule has 0 radical (unpaired) electrons. The molecule has 0 bridgehead atoms. The molecule has 6 heteroatoms. The van der Waals surface area contributed by atoms with Crippen LogP contribution >= 0.6 is 23.2 Å². The molecular weight excluding hydrogens is 315 g/mol. The summed E-state index contributed by atoms with van der Waals surface area (Å²) in [5, 5.41) is 9.63. The third-order valence-electron chi connectivity index (χ3n) is 2.99. The molecule has 21 heavy (non-hydrogen) atoms. The molecule has 0 spiro atoms. The summed E-state index contributed by atoms with van der Waals surface area (Å²) in [7, 11) is 2.99. The maximum Gasteiger partial charge on any atom is 0.337 e. The Morgan fingerprint density at radius 1 is 1.10 bits per heavy atom. The number of rotatable bonds is 4. The van der Waals surface area contributed by atoms with Gasteiger partial charge in [-0.25, -0.2) is 4.79 Å². The minimum atomic E-state index is -1.10. The second-order valence-electron chi connectivity index (χ2n) is 4.16. The summed E-state index contributed by atoms with van der Waals surface area (Å²) < 4.78 is 10.4. The van der Waals surface area contributed by atoms with E-state index in [2.05, 4.69) is 0 Å². The van der Waals surface area contributed by atoms with Crippen LogP contribution in [0.15, 0.2) is 30.3 Å². The minimum Gasteiger partial charge on any atom is -0.495 e. The molecule has 0 saturated carbocycles. The molecule has 0 amide bonds. The summed E-state index contributed by atoms with van der Waals surface area (Å²) in [5.41, 5.74) is 1.31. The fourth-order valence-electron chi connectivity index (χ4n) is 1.98. The number of hydrogen-bond acceptors (Lipinski definition) is 3. The lowest BCUT2D eigenvalue weighted by Crippen LogP contribution is -1.98. The molecule has 0 aliphatic carbocycles.